The van der Waals surface area contributed by atoms with E-state index in [2.05, 4.69) is 19.6 Å². The van der Waals surface area contributed by atoms with Crippen LogP contribution in [0.25, 0.3) is 0 Å². The lowest BCUT2D eigenvalue weighted by Crippen LogP contribution is -2.41. The molecule has 1 heterocycles. The zero-order valence-electron chi connectivity index (χ0n) is 14.1. The molecule has 3 nitrogen and oxygen atoms in total. The highest BCUT2D eigenvalue weighted by Crippen LogP contribution is 2.39. The molecule has 0 aromatic rings. The third kappa shape index (κ3) is 3.61. The monoisotopic (exact) mass is 292 g/mol. The molecule has 1 saturated heterocycles. The zero-order valence-corrected chi connectivity index (χ0v) is 14.1. The second kappa shape index (κ2) is 5.90. The Hall–Kier alpha value is -0.575. The predicted octanol–water partition coefficient (Wildman–Crippen LogP) is 3.74. The summed E-state index contributed by atoms with van der Waals surface area (Å²) in [4.78, 5) is 0. The van der Waals surface area contributed by atoms with Crippen LogP contribution in [0, 0.1) is 5.92 Å². The molecule has 0 spiro atoms. The smallest absolute Gasteiger partial charge is 0.403 e. The number of rotatable bonds is 4. The van der Waals surface area contributed by atoms with E-state index in [1.54, 1.807) is 0 Å². The van der Waals surface area contributed by atoms with Crippen LogP contribution in [-0.4, -0.2) is 29.5 Å². The topological polar surface area (TPSA) is 38.7 Å². The Labute approximate surface area is 129 Å². The molecule has 1 aliphatic heterocycles. The fourth-order valence-corrected chi connectivity index (χ4v) is 3.00. The number of hydrogen-bond acceptors (Lipinski definition) is 3. The second-order valence-electron chi connectivity index (χ2n) is 7.53. The maximum Gasteiger partial charge on any atom is 0.460 e. The largest absolute Gasteiger partial charge is 0.460 e. The Kier molecular flexibility index (Phi) is 4.72. The lowest BCUT2D eigenvalue weighted by atomic mass is 9.76. The van der Waals surface area contributed by atoms with Gasteiger partial charge in [-0.05, 0) is 65.4 Å². The van der Waals surface area contributed by atoms with E-state index in [0.717, 1.165) is 24.8 Å². The molecule has 0 aromatic carbocycles. The van der Waals surface area contributed by atoms with Gasteiger partial charge in [-0.1, -0.05) is 18.2 Å². The van der Waals surface area contributed by atoms with Gasteiger partial charge in [0.25, 0.3) is 0 Å². The first kappa shape index (κ1) is 16.8. The molecule has 1 N–H and O–H groups in total. The summed E-state index contributed by atoms with van der Waals surface area (Å²) in [5.41, 5.74) is 1.71. The molecule has 0 radical (unpaired) electrons. The summed E-state index contributed by atoms with van der Waals surface area (Å²) in [6, 6.07) is 0. The van der Waals surface area contributed by atoms with E-state index in [0.29, 0.717) is 12.2 Å². The van der Waals surface area contributed by atoms with Gasteiger partial charge in [0.1, 0.15) is 0 Å². The molecule has 0 bridgehead atoms. The van der Waals surface area contributed by atoms with Gasteiger partial charge >= 0.3 is 7.12 Å². The zero-order chi connectivity index (χ0) is 15.8. The number of allylic oxidation sites excluding steroid dienone is 2. The fourth-order valence-electron chi connectivity index (χ4n) is 3.00. The average molecular weight is 292 g/mol. The van der Waals surface area contributed by atoms with Crippen molar-refractivity contribution in [1.29, 1.82) is 0 Å². The van der Waals surface area contributed by atoms with Gasteiger partial charge in [-0.15, -0.1) is 0 Å². The minimum Gasteiger partial charge on any atom is -0.403 e. The van der Waals surface area contributed by atoms with Gasteiger partial charge in [-0.3, -0.25) is 0 Å². The van der Waals surface area contributed by atoms with E-state index in [1.165, 1.54) is 5.57 Å². The normalized spacial score (nSPS) is 29.1. The van der Waals surface area contributed by atoms with E-state index in [-0.39, 0.29) is 18.3 Å². The first-order valence-electron chi connectivity index (χ1n) is 8.00. The average Bonchev–Trinajstić information content (AvgIpc) is 2.57. The summed E-state index contributed by atoms with van der Waals surface area (Å²) < 4.78 is 11.9. The van der Waals surface area contributed by atoms with Crippen molar-refractivity contribution in [3.05, 3.63) is 23.8 Å². The molecule has 0 saturated carbocycles. The van der Waals surface area contributed by atoms with E-state index in [4.69, 9.17) is 9.31 Å². The third-order valence-corrected chi connectivity index (χ3v) is 5.29. The van der Waals surface area contributed by atoms with Crippen molar-refractivity contribution < 1.29 is 14.4 Å². The SMILES string of the molecule is C=C(C)C1CC=C(C(O)CB2OC(C)(C)C(C)(C)O2)CC1. The van der Waals surface area contributed by atoms with Crippen LogP contribution in [0.1, 0.15) is 53.9 Å². The summed E-state index contributed by atoms with van der Waals surface area (Å²) in [5.74, 6) is 0.567. The van der Waals surface area contributed by atoms with Gasteiger partial charge in [0.15, 0.2) is 0 Å². The molecule has 4 heteroatoms. The van der Waals surface area contributed by atoms with Gasteiger partial charge in [0.05, 0.1) is 17.3 Å². The van der Waals surface area contributed by atoms with Crippen LogP contribution in [-0.2, 0) is 9.31 Å². The highest BCUT2D eigenvalue weighted by molar-refractivity contribution is 6.45. The number of aliphatic hydroxyl groups is 1. The lowest BCUT2D eigenvalue weighted by molar-refractivity contribution is 0.00578. The summed E-state index contributed by atoms with van der Waals surface area (Å²) in [5, 5.41) is 10.4. The molecule has 1 fully saturated rings. The van der Waals surface area contributed by atoms with Gasteiger partial charge in [-0.25, -0.2) is 0 Å². The first-order chi connectivity index (χ1) is 9.62. The molecule has 2 unspecified atom stereocenters. The molecule has 1 aliphatic carbocycles. The van der Waals surface area contributed by atoms with Crippen LogP contribution in [0.3, 0.4) is 0 Å². The maximum absolute atomic E-state index is 10.4. The van der Waals surface area contributed by atoms with Crippen molar-refractivity contribution in [2.45, 2.75) is 77.5 Å². The Morgan fingerprint density at radius 2 is 1.95 bits per heavy atom. The van der Waals surface area contributed by atoms with Crippen molar-refractivity contribution in [2.75, 3.05) is 0 Å². The molecule has 0 amide bonds. The van der Waals surface area contributed by atoms with Crippen LogP contribution in [0.5, 0.6) is 0 Å². The van der Waals surface area contributed by atoms with Gasteiger partial charge in [0, 0.05) is 6.32 Å². The number of aliphatic hydroxyl groups excluding tert-OH is 1. The van der Waals surface area contributed by atoms with Crippen molar-refractivity contribution in [3.8, 4) is 0 Å². The van der Waals surface area contributed by atoms with Crippen molar-refractivity contribution in [2.24, 2.45) is 5.92 Å². The van der Waals surface area contributed by atoms with Crippen LogP contribution < -0.4 is 0 Å². The van der Waals surface area contributed by atoms with E-state index >= 15 is 0 Å². The lowest BCUT2D eigenvalue weighted by Gasteiger charge is -2.32. The standard InChI is InChI=1S/C17H29BO3/c1-12(2)13-7-9-14(10-8-13)15(19)11-18-20-16(3,4)17(5,6)21-18/h9,13,15,19H,1,7-8,10-11H2,2-6H3. The molecule has 118 valence electrons. The Bertz CT molecular complexity index is 423. The molecular weight excluding hydrogens is 263 g/mol. The predicted molar refractivity (Wildman–Crippen MR) is 87.1 cm³/mol. The maximum atomic E-state index is 10.4. The highest BCUT2D eigenvalue weighted by atomic mass is 16.7. The second-order valence-corrected chi connectivity index (χ2v) is 7.53. The van der Waals surface area contributed by atoms with Crippen molar-refractivity contribution >= 4 is 7.12 Å². The number of hydrogen-bond donors (Lipinski definition) is 1. The molecular formula is C17H29BO3. The summed E-state index contributed by atoms with van der Waals surface area (Å²) in [6.07, 6.45) is 5.24. The minimum atomic E-state index is -0.467. The van der Waals surface area contributed by atoms with Gasteiger partial charge in [0.2, 0.25) is 0 Å². The molecule has 2 aliphatic rings. The van der Waals surface area contributed by atoms with Crippen LogP contribution >= 0.6 is 0 Å². The molecule has 0 aromatic heterocycles. The Morgan fingerprint density at radius 3 is 2.38 bits per heavy atom. The molecule has 2 rings (SSSR count). The molecule has 21 heavy (non-hydrogen) atoms. The Morgan fingerprint density at radius 1 is 1.38 bits per heavy atom. The minimum absolute atomic E-state index is 0.329. The van der Waals surface area contributed by atoms with Crippen LogP contribution in [0.4, 0.5) is 0 Å². The quantitative estimate of drug-likeness (QED) is 0.633. The third-order valence-electron chi connectivity index (χ3n) is 5.29. The van der Waals surface area contributed by atoms with Gasteiger partial charge < -0.3 is 14.4 Å². The summed E-state index contributed by atoms with van der Waals surface area (Å²) in [6.45, 7) is 14.3. The van der Waals surface area contributed by atoms with Gasteiger partial charge in [-0.2, -0.15) is 0 Å². The van der Waals surface area contributed by atoms with E-state index < -0.39 is 6.10 Å². The summed E-state index contributed by atoms with van der Waals surface area (Å²) in [7, 11) is -0.329. The fraction of sp³-hybridized carbons (Fsp3) is 0.765. The van der Waals surface area contributed by atoms with Crippen molar-refractivity contribution in [3.63, 3.8) is 0 Å². The van der Waals surface area contributed by atoms with E-state index in [9.17, 15) is 5.11 Å². The molecule has 2 atom stereocenters. The van der Waals surface area contributed by atoms with Crippen LogP contribution in [0.2, 0.25) is 6.32 Å². The van der Waals surface area contributed by atoms with Crippen LogP contribution in [0.15, 0.2) is 23.8 Å². The summed E-state index contributed by atoms with van der Waals surface area (Å²) >= 11 is 0. The first-order valence-corrected chi connectivity index (χ1v) is 8.00. The van der Waals surface area contributed by atoms with E-state index in [1.807, 2.05) is 27.7 Å². The van der Waals surface area contributed by atoms with Crippen molar-refractivity contribution in [1.82, 2.24) is 0 Å². The Balaban J connectivity index is 1.92. The highest BCUT2D eigenvalue weighted by Gasteiger charge is 2.51.